The molecule has 3 N–H and O–H groups in total. The minimum Gasteiger partial charge on any atom is -0.455 e. The van der Waals surface area contributed by atoms with Gasteiger partial charge in [-0.25, -0.2) is 4.79 Å². The number of carbonyl (C=O) groups excluding carboxylic acids is 3. The van der Waals surface area contributed by atoms with Crippen LogP contribution in [0.25, 0.3) is 0 Å². The Kier molecular flexibility index (Phi) is 8.39. The van der Waals surface area contributed by atoms with Crippen molar-refractivity contribution in [3.05, 3.63) is 34.9 Å². The zero-order valence-corrected chi connectivity index (χ0v) is 16.0. The van der Waals surface area contributed by atoms with E-state index in [9.17, 15) is 14.4 Å². The highest BCUT2D eigenvalue weighted by Gasteiger charge is 2.22. The summed E-state index contributed by atoms with van der Waals surface area (Å²) in [4.78, 5) is 37.5. The third kappa shape index (κ3) is 7.09. The van der Waals surface area contributed by atoms with Gasteiger partial charge in [0.1, 0.15) is 0 Å². The van der Waals surface area contributed by atoms with Crippen molar-refractivity contribution < 1.29 is 19.1 Å². The van der Waals surface area contributed by atoms with E-state index < -0.39 is 18.0 Å². The summed E-state index contributed by atoms with van der Waals surface area (Å²) in [5.74, 6) is -0.795. The van der Waals surface area contributed by atoms with Crippen LogP contribution in [0, 0.1) is 0 Å². The zero-order valence-electron chi connectivity index (χ0n) is 15.3. The van der Waals surface area contributed by atoms with Gasteiger partial charge in [0.15, 0.2) is 6.61 Å². The lowest BCUT2D eigenvalue weighted by Gasteiger charge is -2.24. The number of carbonyl (C=O) groups is 3. The number of primary amides is 1. The van der Waals surface area contributed by atoms with Gasteiger partial charge in [0.25, 0.3) is 5.91 Å². The van der Waals surface area contributed by atoms with Crippen molar-refractivity contribution in [3.8, 4) is 0 Å². The molecule has 0 unspecified atom stereocenters. The fourth-order valence-corrected chi connectivity index (χ4v) is 3.39. The third-order valence-electron chi connectivity index (χ3n) is 4.53. The van der Waals surface area contributed by atoms with E-state index in [4.69, 9.17) is 22.1 Å². The number of esters is 1. The molecule has 7 nitrogen and oxygen atoms in total. The third-order valence-corrected chi connectivity index (χ3v) is 4.88. The first-order valence-corrected chi connectivity index (χ1v) is 9.59. The van der Waals surface area contributed by atoms with E-state index in [0.717, 1.165) is 25.7 Å². The summed E-state index contributed by atoms with van der Waals surface area (Å²) in [5, 5.41) is 2.90. The normalized spacial score (nSPS) is 16.0. The van der Waals surface area contributed by atoms with Crippen LogP contribution in [-0.4, -0.2) is 42.5 Å². The molecule has 1 aliphatic rings. The summed E-state index contributed by atoms with van der Waals surface area (Å²) >= 11 is 6.14. The van der Waals surface area contributed by atoms with Crippen LogP contribution >= 0.6 is 11.6 Å². The zero-order chi connectivity index (χ0) is 19.6. The predicted octanol–water partition coefficient (Wildman–Crippen LogP) is 2.78. The number of ether oxygens (including phenoxy) is 1. The van der Waals surface area contributed by atoms with Crippen LogP contribution in [-0.2, 0) is 14.3 Å². The molecule has 1 saturated heterocycles. The Labute approximate surface area is 164 Å². The number of likely N-dealkylation sites (tertiary alicyclic amines) is 1. The van der Waals surface area contributed by atoms with Crippen LogP contribution in [0.3, 0.4) is 0 Å². The number of urea groups is 1. The lowest BCUT2D eigenvalue weighted by Crippen LogP contribution is -2.38. The number of amides is 3. The first-order chi connectivity index (χ1) is 13.0. The molecule has 2 rings (SSSR count). The van der Waals surface area contributed by atoms with Gasteiger partial charge in [-0.1, -0.05) is 49.1 Å². The lowest BCUT2D eigenvalue weighted by atomic mass is 10.0. The maximum Gasteiger partial charge on any atom is 0.312 e. The molecule has 0 aliphatic carbocycles. The van der Waals surface area contributed by atoms with Gasteiger partial charge in [-0.05, 0) is 24.5 Å². The summed E-state index contributed by atoms with van der Waals surface area (Å²) in [6, 6.07) is 5.34. The van der Waals surface area contributed by atoms with Crippen molar-refractivity contribution in [2.75, 3.05) is 19.7 Å². The van der Waals surface area contributed by atoms with Gasteiger partial charge in [0.05, 0.1) is 12.5 Å². The summed E-state index contributed by atoms with van der Waals surface area (Å²) in [5.41, 5.74) is 5.76. The number of rotatable bonds is 6. The van der Waals surface area contributed by atoms with E-state index >= 15 is 0 Å². The maximum absolute atomic E-state index is 12.3. The molecule has 0 spiro atoms. The van der Waals surface area contributed by atoms with Gasteiger partial charge < -0.3 is 20.7 Å². The van der Waals surface area contributed by atoms with Crippen molar-refractivity contribution in [1.29, 1.82) is 0 Å². The van der Waals surface area contributed by atoms with Crippen molar-refractivity contribution >= 4 is 29.5 Å². The molecule has 148 valence electrons. The fourth-order valence-electron chi connectivity index (χ4n) is 3.12. The lowest BCUT2D eigenvalue weighted by molar-refractivity contribution is -0.152. The van der Waals surface area contributed by atoms with Gasteiger partial charge in [0.2, 0.25) is 0 Å². The van der Waals surface area contributed by atoms with Crippen LogP contribution < -0.4 is 11.1 Å². The Morgan fingerprint density at radius 2 is 1.74 bits per heavy atom. The summed E-state index contributed by atoms with van der Waals surface area (Å²) in [6.07, 6.45) is 5.20. The predicted molar refractivity (Wildman–Crippen MR) is 102 cm³/mol. The molecular weight excluding hydrogens is 370 g/mol. The SMILES string of the molecule is NC(=O)N[C@@H](CC(=O)OCC(=O)N1CCCCCCC1)c1ccccc1Cl. The second-order valence-corrected chi connectivity index (χ2v) is 7.00. The molecule has 1 fully saturated rings. The van der Waals surface area contributed by atoms with Crippen LogP contribution in [0.15, 0.2) is 24.3 Å². The van der Waals surface area contributed by atoms with Gasteiger partial charge in [-0.15, -0.1) is 0 Å². The van der Waals surface area contributed by atoms with Gasteiger partial charge in [-0.2, -0.15) is 0 Å². The molecule has 1 heterocycles. The molecule has 1 aromatic carbocycles. The first kappa shape index (κ1) is 21.0. The van der Waals surface area contributed by atoms with Crippen LogP contribution in [0.2, 0.25) is 5.02 Å². The fraction of sp³-hybridized carbons (Fsp3) is 0.526. The second kappa shape index (κ2) is 10.8. The molecule has 1 atom stereocenters. The Morgan fingerprint density at radius 3 is 2.37 bits per heavy atom. The standard InChI is InChI=1S/C19H26ClN3O4/c20-15-9-5-4-8-14(15)16(22-19(21)26)12-18(25)27-13-17(24)23-10-6-2-1-3-7-11-23/h4-5,8-9,16H,1-3,6-7,10-13H2,(H3,21,22,26)/t16-/m0/s1. The van der Waals surface area contributed by atoms with E-state index in [-0.39, 0.29) is 18.9 Å². The smallest absolute Gasteiger partial charge is 0.312 e. The number of nitrogens with zero attached hydrogens (tertiary/aromatic N) is 1. The monoisotopic (exact) mass is 395 g/mol. The minimum absolute atomic E-state index is 0.167. The quantitative estimate of drug-likeness (QED) is 0.723. The number of hydrogen-bond donors (Lipinski definition) is 2. The van der Waals surface area contributed by atoms with E-state index in [2.05, 4.69) is 5.32 Å². The highest BCUT2D eigenvalue weighted by atomic mass is 35.5. The average Bonchev–Trinajstić information content (AvgIpc) is 2.59. The number of benzene rings is 1. The second-order valence-electron chi connectivity index (χ2n) is 6.60. The number of hydrogen-bond acceptors (Lipinski definition) is 4. The molecule has 0 aromatic heterocycles. The number of halogens is 1. The van der Waals surface area contributed by atoms with Crippen LogP contribution in [0.1, 0.15) is 50.1 Å². The molecule has 1 aromatic rings. The van der Waals surface area contributed by atoms with E-state index in [1.54, 1.807) is 29.2 Å². The molecule has 0 saturated carbocycles. The Morgan fingerprint density at radius 1 is 1.11 bits per heavy atom. The van der Waals surface area contributed by atoms with Gasteiger partial charge in [-0.3, -0.25) is 9.59 Å². The van der Waals surface area contributed by atoms with E-state index in [0.29, 0.717) is 23.7 Å². The molecular formula is C19H26ClN3O4. The first-order valence-electron chi connectivity index (χ1n) is 9.21. The molecule has 8 heteroatoms. The largest absolute Gasteiger partial charge is 0.455 e. The molecule has 3 amide bonds. The minimum atomic E-state index is -0.774. The van der Waals surface area contributed by atoms with E-state index in [1.807, 2.05) is 0 Å². The Hall–Kier alpha value is -2.28. The van der Waals surface area contributed by atoms with Crippen molar-refractivity contribution in [2.24, 2.45) is 5.73 Å². The van der Waals surface area contributed by atoms with E-state index in [1.165, 1.54) is 6.42 Å². The summed E-state index contributed by atoms with van der Waals surface area (Å²) < 4.78 is 5.14. The number of nitrogens with two attached hydrogens (primary N) is 1. The van der Waals surface area contributed by atoms with Gasteiger partial charge >= 0.3 is 12.0 Å². The number of nitrogens with one attached hydrogen (secondary N) is 1. The van der Waals surface area contributed by atoms with Crippen molar-refractivity contribution in [1.82, 2.24) is 10.2 Å². The molecule has 0 radical (unpaired) electrons. The summed E-state index contributed by atoms with van der Waals surface area (Å²) in [6.45, 7) is 1.09. The Bertz CT molecular complexity index is 660. The molecule has 27 heavy (non-hydrogen) atoms. The highest BCUT2D eigenvalue weighted by Crippen LogP contribution is 2.25. The molecule has 0 bridgehead atoms. The molecule has 1 aliphatic heterocycles. The van der Waals surface area contributed by atoms with Crippen LogP contribution in [0.5, 0.6) is 0 Å². The topological polar surface area (TPSA) is 102 Å². The van der Waals surface area contributed by atoms with Gasteiger partial charge in [0, 0.05) is 18.1 Å². The van der Waals surface area contributed by atoms with Crippen LogP contribution in [0.4, 0.5) is 4.79 Å². The average molecular weight is 396 g/mol. The highest BCUT2D eigenvalue weighted by molar-refractivity contribution is 6.31. The van der Waals surface area contributed by atoms with Crippen molar-refractivity contribution in [2.45, 2.75) is 44.6 Å². The van der Waals surface area contributed by atoms with Crippen molar-refractivity contribution in [3.63, 3.8) is 0 Å². The Balaban J connectivity index is 1.90. The maximum atomic E-state index is 12.3. The summed E-state index contributed by atoms with van der Waals surface area (Å²) in [7, 11) is 0.